The van der Waals surface area contributed by atoms with Gasteiger partial charge in [0.2, 0.25) is 0 Å². The van der Waals surface area contributed by atoms with E-state index in [0.29, 0.717) is 11.3 Å². The Balaban J connectivity index is 0.000000420. The van der Waals surface area contributed by atoms with Gasteiger partial charge in [0.05, 0.1) is 0 Å². The summed E-state index contributed by atoms with van der Waals surface area (Å²) in [7, 11) is 0. The molecule has 0 saturated carbocycles. The van der Waals surface area contributed by atoms with Crippen LogP contribution in [0.15, 0.2) is 71.8 Å². The minimum atomic E-state index is 0. The standard InChI is InChI=1S/C25H25.C11H17.C7H7.CH3.CH2.2ClH.Zr/c1-14-12-24(3,4)22-8-16-7-17-9-23-19(15(2)13-25(23,5)6)11-21(17)20(16)10-18(14)22;1-8-6-9(2)10(7-8)11(3,4)5;1-7-5-3-2-4-6-7;;;;;/h8-12H,7H2,1-6H3;7-8H,1-5H3;3-6H,1H3;1H3;1H2;2*1H;/q4*-1;;;;. The summed E-state index contributed by atoms with van der Waals surface area (Å²) in [6.45, 7) is 26.8. The molecule has 0 bridgehead atoms. The number of halogens is 2. The second-order valence-electron chi connectivity index (χ2n) is 15.2. The van der Waals surface area contributed by atoms with Crippen LogP contribution in [0.25, 0.3) is 22.3 Å². The Morgan fingerprint density at radius 1 is 0.771 bits per heavy atom. The molecule has 3 aromatic rings. The predicted octanol–water partition coefficient (Wildman–Crippen LogP) is 12.9. The first kappa shape index (κ1) is 44.0. The largest absolute Gasteiger partial charge is 0.358 e. The summed E-state index contributed by atoms with van der Waals surface area (Å²) in [5, 5.41) is 0. The maximum Gasteiger partial charge on any atom is -0.358 e. The van der Waals surface area contributed by atoms with Crippen molar-refractivity contribution in [2.75, 3.05) is 0 Å². The van der Waals surface area contributed by atoms with Gasteiger partial charge in [-0.1, -0.05) is 111 Å². The molecular weight excluding hydrogens is 703 g/mol. The van der Waals surface area contributed by atoms with E-state index in [0.717, 1.165) is 6.42 Å². The maximum atomic E-state index is 3.65. The SMILES string of the molecule is CC1=[C-]C(C)(C)c2cc3c(cc21)-c1cc2c(cc1C3)C(C)(C)C=C2C.CC1=[C-]C(C)C=C1C(C)(C)C.Cc1cc[c-]cc1.Cl.Cl.[CH2]=[Zr].[CH3-]. The number of hydrogen-bond acceptors (Lipinski definition) is 0. The summed E-state index contributed by atoms with van der Waals surface area (Å²) in [5.41, 5.74) is 18.9. The summed E-state index contributed by atoms with van der Waals surface area (Å²) >= 11 is 1.30. The number of aryl methyl sites for hydroxylation is 1. The van der Waals surface area contributed by atoms with Gasteiger partial charge in [0.25, 0.3) is 0 Å². The average Bonchev–Trinajstić information content (AvgIpc) is 3.63. The molecule has 1 atom stereocenters. The smallest absolute Gasteiger partial charge is 0.358 e. The third kappa shape index (κ3) is 9.19. The van der Waals surface area contributed by atoms with Gasteiger partial charge in [-0.2, -0.15) is 53.1 Å². The first-order valence-electron chi connectivity index (χ1n) is 16.3. The molecule has 0 aromatic heterocycles. The van der Waals surface area contributed by atoms with Crippen LogP contribution in [0.4, 0.5) is 0 Å². The Kier molecular flexibility index (Phi) is 15.4. The summed E-state index contributed by atoms with van der Waals surface area (Å²) in [6, 6.07) is 20.6. The van der Waals surface area contributed by atoms with Gasteiger partial charge in [0, 0.05) is 5.41 Å². The second kappa shape index (κ2) is 16.8. The summed E-state index contributed by atoms with van der Waals surface area (Å²) in [6.07, 6.45) is 12.8. The van der Waals surface area contributed by atoms with Crippen molar-refractivity contribution in [1.82, 2.24) is 0 Å². The molecular formula is C45H56Cl2Zr-4. The quantitative estimate of drug-likeness (QED) is 0.157. The van der Waals surface area contributed by atoms with Crippen molar-refractivity contribution in [2.24, 2.45) is 11.3 Å². The van der Waals surface area contributed by atoms with Gasteiger partial charge in [-0.3, -0.25) is 12.2 Å². The molecule has 0 amide bonds. The van der Waals surface area contributed by atoms with Crippen LogP contribution < -0.4 is 0 Å². The number of hydrogen-bond donors (Lipinski definition) is 0. The summed E-state index contributed by atoms with van der Waals surface area (Å²) < 4.78 is 3.34. The van der Waals surface area contributed by atoms with E-state index in [4.69, 9.17) is 0 Å². The Labute approximate surface area is 321 Å². The van der Waals surface area contributed by atoms with E-state index in [1.165, 1.54) is 96.6 Å². The topological polar surface area (TPSA) is 0 Å². The van der Waals surface area contributed by atoms with Crippen molar-refractivity contribution < 1.29 is 24.2 Å². The molecule has 0 spiro atoms. The van der Waals surface area contributed by atoms with Crippen LogP contribution in [-0.4, -0.2) is 4.21 Å². The Morgan fingerprint density at radius 3 is 1.73 bits per heavy atom. The van der Waals surface area contributed by atoms with Crippen LogP contribution in [0.2, 0.25) is 0 Å². The molecule has 7 rings (SSSR count). The van der Waals surface area contributed by atoms with Gasteiger partial charge in [-0.25, -0.2) is 11.1 Å². The number of benzene rings is 3. The van der Waals surface area contributed by atoms with E-state index < -0.39 is 0 Å². The van der Waals surface area contributed by atoms with Crippen LogP contribution in [-0.2, 0) is 41.5 Å². The van der Waals surface area contributed by atoms with Crippen LogP contribution in [0.3, 0.4) is 0 Å². The first-order valence-corrected chi connectivity index (χ1v) is 18.0. The van der Waals surface area contributed by atoms with Crippen LogP contribution in [0.5, 0.6) is 0 Å². The fourth-order valence-corrected chi connectivity index (χ4v) is 7.39. The van der Waals surface area contributed by atoms with Crippen LogP contribution in [0.1, 0.15) is 115 Å². The van der Waals surface area contributed by atoms with E-state index >= 15 is 0 Å². The second-order valence-corrected chi connectivity index (χ2v) is 15.2. The van der Waals surface area contributed by atoms with Gasteiger partial charge in [0.1, 0.15) is 0 Å². The monoisotopic (exact) mass is 756 g/mol. The maximum absolute atomic E-state index is 3.65. The van der Waals surface area contributed by atoms with Gasteiger partial charge in [-0.05, 0) is 58.4 Å². The van der Waals surface area contributed by atoms with Crippen molar-refractivity contribution in [3.63, 3.8) is 0 Å². The summed E-state index contributed by atoms with van der Waals surface area (Å²) in [5.74, 6) is 0.518. The van der Waals surface area contributed by atoms with E-state index in [9.17, 15) is 0 Å². The molecule has 0 fully saturated rings. The molecule has 0 N–H and O–H groups in total. The predicted molar refractivity (Wildman–Crippen MR) is 214 cm³/mol. The summed E-state index contributed by atoms with van der Waals surface area (Å²) in [4.78, 5) is 0. The first-order chi connectivity index (χ1) is 21.0. The van der Waals surface area contributed by atoms with E-state index in [1.807, 2.05) is 24.3 Å². The Bertz CT molecular complexity index is 1640. The van der Waals surface area contributed by atoms with E-state index in [2.05, 4.69) is 142 Å². The zero-order valence-corrected chi connectivity index (χ0v) is 35.7. The Morgan fingerprint density at radius 2 is 1.29 bits per heavy atom. The molecule has 0 radical (unpaired) electrons. The molecule has 0 heterocycles. The fourth-order valence-electron chi connectivity index (χ4n) is 7.39. The van der Waals surface area contributed by atoms with Gasteiger partial charge < -0.3 is 7.43 Å². The third-order valence-corrected chi connectivity index (χ3v) is 9.39. The van der Waals surface area contributed by atoms with Gasteiger partial charge >= 0.3 is 28.4 Å². The molecule has 4 aliphatic carbocycles. The molecule has 1 unspecified atom stereocenters. The molecule has 3 heteroatoms. The molecule has 0 nitrogen and oxygen atoms in total. The molecule has 3 aromatic carbocycles. The minimum absolute atomic E-state index is 0. The zero-order chi connectivity index (χ0) is 33.5. The molecule has 0 saturated heterocycles. The molecule has 48 heavy (non-hydrogen) atoms. The van der Waals surface area contributed by atoms with Crippen molar-refractivity contribution in [3.8, 4) is 11.1 Å². The minimum Gasteiger partial charge on any atom is -0.358 e. The fraction of sp³-hybridized carbons (Fsp3) is 0.378. The van der Waals surface area contributed by atoms with E-state index in [1.54, 1.807) is 0 Å². The van der Waals surface area contributed by atoms with Crippen LogP contribution in [0, 0.1) is 43.9 Å². The number of allylic oxidation sites excluding steroid dienone is 8. The van der Waals surface area contributed by atoms with Crippen molar-refractivity contribution >= 4 is 40.2 Å². The third-order valence-electron chi connectivity index (χ3n) is 9.39. The molecule has 0 aliphatic heterocycles. The molecule has 4 aliphatic rings. The average molecular weight is 759 g/mol. The van der Waals surface area contributed by atoms with Crippen LogP contribution >= 0.6 is 24.8 Å². The number of fused-ring (bicyclic) bond motifs is 5. The Hall–Kier alpha value is -2.05. The molecule has 258 valence electrons. The van der Waals surface area contributed by atoms with Gasteiger partial charge in [0.15, 0.2) is 0 Å². The normalized spacial score (nSPS) is 17.8. The van der Waals surface area contributed by atoms with Gasteiger partial charge in [-0.15, -0.1) is 36.4 Å². The van der Waals surface area contributed by atoms with E-state index in [-0.39, 0.29) is 43.1 Å². The number of rotatable bonds is 0. The van der Waals surface area contributed by atoms with Crippen molar-refractivity contribution in [1.29, 1.82) is 0 Å². The zero-order valence-electron chi connectivity index (χ0n) is 31.6. The van der Waals surface area contributed by atoms with Crippen molar-refractivity contribution in [2.45, 2.75) is 100 Å². The van der Waals surface area contributed by atoms with Crippen molar-refractivity contribution in [3.05, 3.63) is 136 Å².